The van der Waals surface area contributed by atoms with Gasteiger partial charge in [0.25, 0.3) is 0 Å². The normalized spacial score (nSPS) is 13.6. The van der Waals surface area contributed by atoms with Crippen LogP contribution in [-0.2, 0) is 27.9 Å². The molecule has 9 nitrogen and oxygen atoms in total. The van der Waals surface area contributed by atoms with Crippen molar-refractivity contribution in [3.63, 3.8) is 0 Å². The second kappa shape index (κ2) is 36.3. The molecule has 1 amide bonds. The molecule has 0 heterocycles. The number of unbranched alkanes of at least 4 members (excludes halogenated alkanes) is 20. The highest BCUT2D eigenvalue weighted by Gasteiger charge is 2.23. The van der Waals surface area contributed by atoms with E-state index in [1.165, 1.54) is 103 Å². The van der Waals surface area contributed by atoms with Crippen molar-refractivity contribution in [1.29, 1.82) is 0 Å². The van der Waals surface area contributed by atoms with Gasteiger partial charge >= 0.3 is 13.8 Å². The first kappa shape index (κ1) is 47.5. The van der Waals surface area contributed by atoms with E-state index in [0.717, 1.165) is 51.4 Å². The molecule has 0 spiro atoms. The second-order valence-electron chi connectivity index (χ2n) is 13.3. The van der Waals surface area contributed by atoms with Gasteiger partial charge in [0.15, 0.2) is 0 Å². The van der Waals surface area contributed by atoms with Crippen LogP contribution in [-0.4, -0.2) is 54.3 Å². The molecular formula is C39H74NO8P. The quantitative estimate of drug-likeness (QED) is 0.0251. The van der Waals surface area contributed by atoms with Crippen LogP contribution >= 0.6 is 7.82 Å². The van der Waals surface area contributed by atoms with E-state index in [4.69, 9.17) is 13.8 Å². The third kappa shape index (κ3) is 37.6. The van der Waals surface area contributed by atoms with E-state index in [0.29, 0.717) is 6.42 Å². The van der Waals surface area contributed by atoms with Gasteiger partial charge in [-0.05, 0) is 44.9 Å². The monoisotopic (exact) mass is 716 g/mol. The van der Waals surface area contributed by atoms with Crippen LogP contribution in [0, 0.1) is 0 Å². The van der Waals surface area contributed by atoms with Crippen molar-refractivity contribution in [2.24, 2.45) is 0 Å². The number of carbonyl (C=O) groups is 2. The number of ether oxygens (including phenoxy) is 1. The van der Waals surface area contributed by atoms with Gasteiger partial charge in [-0.3, -0.25) is 18.6 Å². The van der Waals surface area contributed by atoms with Crippen LogP contribution in [0.2, 0.25) is 0 Å². The fourth-order valence-corrected chi connectivity index (χ4v) is 6.11. The lowest BCUT2D eigenvalue weighted by atomic mass is 10.1. The third-order valence-corrected chi connectivity index (χ3v) is 9.37. The molecule has 0 fully saturated rings. The fraction of sp³-hybridized carbons (Fsp3) is 0.846. The minimum atomic E-state index is -4.41. The molecular weight excluding hydrogens is 641 g/mol. The van der Waals surface area contributed by atoms with Crippen molar-refractivity contribution < 1.29 is 37.9 Å². The maximum atomic E-state index is 12.0. The van der Waals surface area contributed by atoms with Gasteiger partial charge in [0.1, 0.15) is 12.7 Å². The Morgan fingerprint density at radius 2 is 1.10 bits per heavy atom. The third-order valence-electron chi connectivity index (χ3n) is 8.38. The molecule has 3 N–H and O–H groups in total. The minimum Gasteiger partial charge on any atom is -0.463 e. The fourth-order valence-electron chi connectivity index (χ4n) is 5.35. The molecule has 2 unspecified atom stereocenters. The molecule has 0 bridgehead atoms. The molecule has 0 saturated carbocycles. The summed E-state index contributed by atoms with van der Waals surface area (Å²) in [7, 11) is -4.41. The van der Waals surface area contributed by atoms with Crippen LogP contribution in [0.4, 0.5) is 0 Å². The molecule has 0 aromatic rings. The molecule has 0 rings (SSSR count). The number of nitrogens with one attached hydrogen (secondary N) is 1. The summed E-state index contributed by atoms with van der Waals surface area (Å²) in [6.45, 7) is 3.51. The number of rotatable bonds is 37. The molecule has 0 aromatic heterocycles. The number of hydrogen-bond acceptors (Lipinski definition) is 7. The van der Waals surface area contributed by atoms with E-state index >= 15 is 0 Å². The number of allylic oxidation sites excluding steroid dienone is 4. The van der Waals surface area contributed by atoms with Crippen molar-refractivity contribution in [2.75, 3.05) is 26.4 Å². The highest BCUT2D eigenvalue weighted by atomic mass is 31.2. The molecule has 0 aromatic carbocycles. The summed E-state index contributed by atoms with van der Waals surface area (Å²) < 4.78 is 26.7. The first-order chi connectivity index (χ1) is 23.8. The number of aliphatic hydroxyl groups excluding tert-OH is 1. The topological polar surface area (TPSA) is 131 Å². The molecule has 288 valence electrons. The predicted octanol–water partition coefficient (Wildman–Crippen LogP) is 10.4. The molecule has 0 aliphatic heterocycles. The van der Waals surface area contributed by atoms with Gasteiger partial charge < -0.3 is 20.1 Å². The summed E-state index contributed by atoms with van der Waals surface area (Å²) in [5.74, 6) is -0.524. The highest BCUT2D eigenvalue weighted by Crippen LogP contribution is 2.42. The Hall–Kier alpha value is -1.51. The van der Waals surface area contributed by atoms with Crippen molar-refractivity contribution in [3.05, 3.63) is 24.3 Å². The van der Waals surface area contributed by atoms with Crippen LogP contribution < -0.4 is 5.32 Å². The number of amides is 1. The zero-order chi connectivity index (χ0) is 36.1. The van der Waals surface area contributed by atoms with Crippen molar-refractivity contribution >= 4 is 19.7 Å². The van der Waals surface area contributed by atoms with Gasteiger partial charge in [-0.2, -0.15) is 0 Å². The Morgan fingerprint density at radius 1 is 0.633 bits per heavy atom. The Labute approximate surface area is 300 Å². The lowest BCUT2D eigenvalue weighted by Crippen LogP contribution is -2.27. The summed E-state index contributed by atoms with van der Waals surface area (Å²) in [5.41, 5.74) is 0. The van der Waals surface area contributed by atoms with Gasteiger partial charge in [0, 0.05) is 19.4 Å². The summed E-state index contributed by atoms with van der Waals surface area (Å²) in [5, 5.41) is 12.6. The predicted molar refractivity (Wildman–Crippen MR) is 201 cm³/mol. The zero-order valence-electron chi connectivity index (χ0n) is 31.4. The van der Waals surface area contributed by atoms with E-state index in [9.17, 15) is 24.2 Å². The van der Waals surface area contributed by atoms with E-state index in [-0.39, 0.29) is 32.1 Å². The van der Waals surface area contributed by atoms with Crippen LogP contribution in [0.3, 0.4) is 0 Å². The Morgan fingerprint density at radius 3 is 1.65 bits per heavy atom. The number of phosphoric acid groups is 1. The smallest absolute Gasteiger partial charge is 0.463 e. The number of aliphatic hydroxyl groups is 1. The lowest BCUT2D eigenvalue weighted by Gasteiger charge is -2.15. The Bertz CT molecular complexity index is 866. The summed E-state index contributed by atoms with van der Waals surface area (Å²) in [6.07, 6.45) is 36.8. The minimum absolute atomic E-state index is 0.0790. The number of hydrogen-bond donors (Lipinski definition) is 3. The second-order valence-corrected chi connectivity index (χ2v) is 14.7. The van der Waals surface area contributed by atoms with Crippen molar-refractivity contribution in [3.8, 4) is 0 Å². The lowest BCUT2D eigenvalue weighted by molar-refractivity contribution is -0.147. The van der Waals surface area contributed by atoms with Crippen LogP contribution in [0.15, 0.2) is 24.3 Å². The number of carbonyl (C=O) groups excluding carboxylic acids is 2. The van der Waals surface area contributed by atoms with Crippen molar-refractivity contribution in [2.45, 2.75) is 187 Å². The molecule has 2 atom stereocenters. The van der Waals surface area contributed by atoms with Crippen LogP contribution in [0.5, 0.6) is 0 Å². The van der Waals surface area contributed by atoms with Gasteiger partial charge in [-0.1, -0.05) is 147 Å². The first-order valence-corrected chi connectivity index (χ1v) is 21.3. The van der Waals surface area contributed by atoms with Gasteiger partial charge in [0.2, 0.25) is 5.91 Å². The summed E-state index contributed by atoms with van der Waals surface area (Å²) in [4.78, 5) is 33.7. The molecule has 0 aliphatic rings. The maximum absolute atomic E-state index is 12.0. The van der Waals surface area contributed by atoms with Crippen LogP contribution in [0.25, 0.3) is 0 Å². The Kier molecular flexibility index (Phi) is 35.2. The van der Waals surface area contributed by atoms with Crippen LogP contribution in [0.1, 0.15) is 181 Å². The average molecular weight is 716 g/mol. The van der Waals surface area contributed by atoms with E-state index in [1.54, 1.807) is 0 Å². The molecule has 0 aliphatic carbocycles. The summed E-state index contributed by atoms with van der Waals surface area (Å²) in [6, 6.07) is 0. The van der Waals surface area contributed by atoms with E-state index in [2.05, 4.69) is 43.5 Å². The van der Waals surface area contributed by atoms with E-state index < -0.39 is 26.5 Å². The van der Waals surface area contributed by atoms with Crippen molar-refractivity contribution in [1.82, 2.24) is 5.32 Å². The van der Waals surface area contributed by atoms with Gasteiger partial charge in [-0.25, -0.2) is 4.57 Å². The average Bonchev–Trinajstić information content (AvgIpc) is 3.08. The molecule has 49 heavy (non-hydrogen) atoms. The summed E-state index contributed by atoms with van der Waals surface area (Å²) >= 11 is 0. The Balaban J connectivity index is 3.61. The number of esters is 1. The number of phosphoric ester groups is 1. The highest BCUT2D eigenvalue weighted by molar-refractivity contribution is 7.47. The molecule has 0 saturated heterocycles. The largest absolute Gasteiger partial charge is 0.472 e. The molecule has 10 heteroatoms. The standard InChI is InChI=1S/C39H74NO8P/c1-3-5-7-9-11-13-15-16-17-18-19-20-21-22-23-25-27-29-31-38(42)40-33-34-47-49(44,45)48-36-37(41)35-46-39(43)32-30-28-26-24-14-12-10-8-6-4-2/h13,15,17-18,37,41H,3-12,14,16,19-36H2,1-2H3,(H,40,42)(H,44,45)/b15-13-,18-17-. The molecule has 0 radical (unpaired) electrons. The first-order valence-electron chi connectivity index (χ1n) is 19.8. The van der Waals surface area contributed by atoms with E-state index in [1.807, 2.05) is 0 Å². The van der Waals surface area contributed by atoms with Gasteiger partial charge in [-0.15, -0.1) is 0 Å². The SMILES string of the molecule is CCCCCC/C=C\C/C=C\CCCCCCCCCC(=O)NCCOP(=O)(O)OCC(O)COC(=O)CCCCCCCCCCCC. The maximum Gasteiger partial charge on any atom is 0.472 e. The zero-order valence-corrected chi connectivity index (χ0v) is 32.3. The van der Waals surface area contributed by atoms with Gasteiger partial charge in [0.05, 0.1) is 13.2 Å².